The van der Waals surface area contributed by atoms with Crippen molar-refractivity contribution in [1.29, 1.82) is 0 Å². The third-order valence-corrected chi connectivity index (χ3v) is 2.51. The van der Waals surface area contributed by atoms with Crippen LogP contribution >= 0.6 is 0 Å². The number of hydrogen-bond acceptors (Lipinski definition) is 4. The van der Waals surface area contributed by atoms with Crippen molar-refractivity contribution in [3.05, 3.63) is 23.3 Å². The van der Waals surface area contributed by atoms with E-state index in [4.69, 9.17) is 14.2 Å². The maximum absolute atomic E-state index is 10.1. The first kappa shape index (κ1) is 13.8. The Morgan fingerprint density at radius 3 is 2.18 bits per heavy atom. The molecule has 0 unspecified atom stereocenters. The van der Waals surface area contributed by atoms with Crippen molar-refractivity contribution in [3.8, 4) is 11.5 Å². The van der Waals surface area contributed by atoms with Gasteiger partial charge in [0, 0.05) is 12.7 Å². The van der Waals surface area contributed by atoms with Crippen molar-refractivity contribution in [2.45, 2.75) is 26.1 Å². The second-order valence-electron chi connectivity index (χ2n) is 4.37. The predicted molar refractivity (Wildman–Crippen MR) is 65.5 cm³/mol. The topological polar surface area (TPSA) is 47.9 Å². The lowest BCUT2D eigenvalue weighted by molar-refractivity contribution is 0.0748. The molecule has 0 aliphatic rings. The average Bonchev–Trinajstić information content (AvgIpc) is 2.27. The Hall–Kier alpha value is -1.26. The van der Waals surface area contributed by atoms with Gasteiger partial charge in [-0.25, -0.2) is 0 Å². The molecule has 0 atom stereocenters. The van der Waals surface area contributed by atoms with Gasteiger partial charge in [-0.3, -0.25) is 0 Å². The lowest BCUT2D eigenvalue weighted by Gasteiger charge is -2.23. The van der Waals surface area contributed by atoms with E-state index in [0.29, 0.717) is 23.7 Å². The monoisotopic (exact) mass is 240 g/mol. The summed E-state index contributed by atoms with van der Waals surface area (Å²) >= 11 is 0. The highest BCUT2D eigenvalue weighted by Gasteiger charge is 2.24. The number of ether oxygens (including phenoxy) is 3. The van der Waals surface area contributed by atoms with Crippen LogP contribution in [0.4, 0.5) is 0 Å². The third kappa shape index (κ3) is 3.11. The maximum Gasteiger partial charge on any atom is 0.166 e. The Morgan fingerprint density at radius 1 is 1.12 bits per heavy atom. The summed E-state index contributed by atoms with van der Waals surface area (Å²) < 4.78 is 15.7. The molecule has 4 nitrogen and oxygen atoms in total. The van der Waals surface area contributed by atoms with Crippen LogP contribution in [0.3, 0.4) is 0 Å². The summed E-state index contributed by atoms with van der Waals surface area (Å²) in [5.74, 6) is 1.15. The minimum atomic E-state index is -0.998. The summed E-state index contributed by atoms with van der Waals surface area (Å²) in [4.78, 5) is 0. The lowest BCUT2D eigenvalue weighted by atomic mass is 9.95. The van der Waals surface area contributed by atoms with Gasteiger partial charge in [0.1, 0.15) is 0 Å². The van der Waals surface area contributed by atoms with E-state index in [1.165, 1.54) is 0 Å². The van der Waals surface area contributed by atoms with Gasteiger partial charge >= 0.3 is 0 Å². The minimum Gasteiger partial charge on any atom is -0.493 e. The van der Waals surface area contributed by atoms with E-state index in [1.54, 1.807) is 35.2 Å². The standard InChI is InChI=1S/C13H20O4/c1-13(2,14)10-6-9(8-15-3)7-11(16-4)12(10)17-5/h6-7,14H,8H2,1-5H3. The molecule has 4 heteroatoms. The minimum absolute atomic E-state index is 0.462. The second kappa shape index (κ2) is 5.38. The number of benzene rings is 1. The lowest BCUT2D eigenvalue weighted by Crippen LogP contribution is -2.17. The van der Waals surface area contributed by atoms with Gasteiger partial charge in [0.15, 0.2) is 11.5 Å². The number of hydrogen-bond donors (Lipinski definition) is 1. The molecule has 0 heterocycles. The maximum atomic E-state index is 10.1. The van der Waals surface area contributed by atoms with Gasteiger partial charge in [-0.2, -0.15) is 0 Å². The normalized spacial score (nSPS) is 11.4. The van der Waals surface area contributed by atoms with E-state index in [-0.39, 0.29) is 0 Å². The SMILES string of the molecule is COCc1cc(OC)c(OC)c(C(C)(C)O)c1. The molecule has 1 N–H and O–H groups in total. The first-order chi connectivity index (χ1) is 7.93. The second-order valence-corrected chi connectivity index (χ2v) is 4.37. The molecule has 1 aromatic carbocycles. The molecule has 0 fully saturated rings. The zero-order valence-corrected chi connectivity index (χ0v) is 11.0. The summed E-state index contributed by atoms with van der Waals surface area (Å²) in [7, 11) is 4.76. The molecule has 96 valence electrons. The van der Waals surface area contributed by atoms with Gasteiger partial charge in [0.05, 0.1) is 26.4 Å². The molecular weight excluding hydrogens is 220 g/mol. The van der Waals surface area contributed by atoms with E-state index in [2.05, 4.69) is 0 Å². The van der Waals surface area contributed by atoms with Crippen LogP contribution in [0.2, 0.25) is 0 Å². The molecule has 1 aromatic rings. The Morgan fingerprint density at radius 2 is 1.76 bits per heavy atom. The van der Waals surface area contributed by atoms with Crippen molar-refractivity contribution < 1.29 is 19.3 Å². The predicted octanol–water partition coefficient (Wildman–Crippen LogP) is 2.08. The fourth-order valence-corrected chi connectivity index (χ4v) is 1.73. The molecule has 0 spiro atoms. The third-order valence-electron chi connectivity index (χ3n) is 2.51. The first-order valence-corrected chi connectivity index (χ1v) is 5.40. The zero-order valence-electron chi connectivity index (χ0n) is 11.0. The molecule has 0 saturated carbocycles. The van der Waals surface area contributed by atoms with E-state index in [0.717, 1.165) is 5.56 Å². The number of methoxy groups -OCH3 is 3. The van der Waals surface area contributed by atoms with Gasteiger partial charge in [-0.05, 0) is 31.5 Å². The summed E-state index contributed by atoms with van der Waals surface area (Å²) in [5, 5.41) is 10.1. The fraction of sp³-hybridized carbons (Fsp3) is 0.538. The molecule has 17 heavy (non-hydrogen) atoms. The Labute approximate surface area is 102 Å². The molecule has 0 aliphatic heterocycles. The molecule has 0 aliphatic carbocycles. The zero-order chi connectivity index (χ0) is 13.1. The summed E-state index contributed by atoms with van der Waals surface area (Å²) in [6, 6.07) is 3.71. The van der Waals surface area contributed by atoms with Crippen LogP contribution in [-0.4, -0.2) is 26.4 Å². The summed E-state index contributed by atoms with van der Waals surface area (Å²) in [6.45, 7) is 3.88. The highest BCUT2D eigenvalue weighted by molar-refractivity contribution is 5.51. The van der Waals surface area contributed by atoms with Gasteiger partial charge in [0.2, 0.25) is 0 Å². The molecular formula is C13H20O4. The first-order valence-electron chi connectivity index (χ1n) is 5.40. The van der Waals surface area contributed by atoms with Crippen molar-refractivity contribution in [2.24, 2.45) is 0 Å². The smallest absolute Gasteiger partial charge is 0.166 e. The van der Waals surface area contributed by atoms with Crippen LogP contribution in [0.5, 0.6) is 11.5 Å². The van der Waals surface area contributed by atoms with E-state index in [1.807, 2.05) is 12.1 Å². The van der Waals surface area contributed by atoms with Crippen molar-refractivity contribution >= 4 is 0 Å². The van der Waals surface area contributed by atoms with Crippen LogP contribution in [0, 0.1) is 0 Å². The Balaban J connectivity index is 3.37. The van der Waals surface area contributed by atoms with Crippen molar-refractivity contribution in [1.82, 2.24) is 0 Å². The van der Waals surface area contributed by atoms with Crippen LogP contribution in [0.25, 0.3) is 0 Å². The van der Waals surface area contributed by atoms with Crippen molar-refractivity contribution in [3.63, 3.8) is 0 Å². The van der Waals surface area contributed by atoms with Crippen LogP contribution in [0.1, 0.15) is 25.0 Å². The quantitative estimate of drug-likeness (QED) is 0.856. The van der Waals surface area contributed by atoms with Gasteiger partial charge in [-0.15, -0.1) is 0 Å². The van der Waals surface area contributed by atoms with Gasteiger partial charge in [-0.1, -0.05) is 0 Å². The largest absolute Gasteiger partial charge is 0.493 e. The molecule has 0 amide bonds. The van der Waals surface area contributed by atoms with Crippen LogP contribution in [0.15, 0.2) is 12.1 Å². The molecule has 0 bridgehead atoms. The highest BCUT2D eigenvalue weighted by atomic mass is 16.5. The Kier molecular flexibility index (Phi) is 4.37. The summed E-state index contributed by atoms with van der Waals surface area (Å²) in [5.41, 5.74) is 0.621. The van der Waals surface area contributed by atoms with Gasteiger partial charge in [0.25, 0.3) is 0 Å². The molecule has 0 radical (unpaired) electrons. The van der Waals surface area contributed by atoms with E-state index >= 15 is 0 Å². The summed E-state index contributed by atoms with van der Waals surface area (Å²) in [6.07, 6.45) is 0. The number of aliphatic hydroxyl groups is 1. The Bertz CT molecular complexity index is 380. The average molecular weight is 240 g/mol. The van der Waals surface area contributed by atoms with E-state index in [9.17, 15) is 5.11 Å². The highest BCUT2D eigenvalue weighted by Crippen LogP contribution is 2.38. The van der Waals surface area contributed by atoms with Crippen LogP contribution in [-0.2, 0) is 16.9 Å². The molecule has 0 aromatic heterocycles. The van der Waals surface area contributed by atoms with Crippen molar-refractivity contribution in [2.75, 3.05) is 21.3 Å². The van der Waals surface area contributed by atoms with E-state index < -0.39 is 5.60 Å². The molecule has 1 rings (SSSR count). The molecule has 0 saturated heterocycles. The fourth-order valence-electron chi connectivity index (χ4n) is 1.73. The van der Waals surface area contributed by atoms with Crippen LogP contribution < -0.4 is 9.47 Å². The number of rotatable bonds is 5. The van der Waals surface area contributed by atoms with Gasteiger partial charge < -0.3 is 19.3 Å².